The van der Waals surface area contributed by atoms with Gasteiger partial charge in [-0.15, -0.1) is 0 Å². The van der Waals surface area contributed by atoms with Gasteiger partial charge in [0.15, 0.2) is 0 Å². The van der Waals surface area contributed by atoms with Gasteiger partial charge in [0, 0.05) is 12.1 Å². The van der Waals surface area contributed by atoms with Crippen molar-refractivity contribution >= 4 is 11.6 Å². The van der Waals surface area contributed by atoms with Crippen molar-refractivity contribution in [3.8, 4) is 0 Å². The Bertz CT molecular complexity index is 250. The Hall–Kier alpha value is -0.600. The first kappa shape index (κ1) is 8.50. The number of hydrogen-bond acceptors (Lipinski definition) is 1. The number of methoxy groups -OCH3 is 1. The van der Waals surface area contributed by atoms with E-state index in [0.717, 1.165) is 5.56 Å². The number of rotatable bonds is 2. The molecule has 3 heteroatoms. The summed E-state index contributed by atoms with van der Waals surface area (Å²) in [4.78, 5) is 0. The zero-order valence-electron chi connectivity index (χ0n) is 6.10. The quantitative estimate of drug-likeness (QED) is 0.670. The van der Waals surface area contributed by atoms with Gasteiger partial charge >= 0.3 is 0 Å². The van der Waals surface area contributed by atoms with Crippen LogP contribution in [-0.4, -0.2) is 7.11 Å². The average molecular weight is 175 g/mol. The van der Waals surface area contributed by atoms with Gasteiger partial charge in [0.05, 0.1) is 6.61 Å². The standard InChI is InChI=1S/C8H8ClFO/c1-11-5-6-2-3-7(10)4-8(6)9/h2-4H,5H2,1H3. The molecule has 1 aromatic carbocycles. The molecule has 0 unspecified atom stereocenters. The molecule has 0 aromatic heterocycles. The predicted molar refractivity (Wildman–Crippen MR) is 42.1 cm³/mol. The van der Waals surface area contributed by atoms with Crippen molar-refractivity contribution in [2.45, 2.75) is 6.61 Å². The van der Waals surface area contributed by atoms with Crippen LogP contribution in [0.4, 0.5) is 4.39 Å². The molecular weight excluding hydrogens is 167 g/mol. The molecule has 0 spiro atoms. The van der Waals surface area contributed by atoms with Crippen molar-refractivity contribution in [2.75, 3.05) is 7.11 Å². The third-order valence-corrected chi connectivity index (χ3v) is 1.67. The zero-order valence-corrected chi connectivity index (χ0v) is 6.86. The molecule has 60 valence electrons. The van der Waals surface area contributed by atoms with Gasteiger partial charge in [-0.2, -0.15) is 0 Å². The third-order valence-electron chi connectivity index (χ3n) is 1.31. The first-order chi connectivity index (χ1) is 5.24. The molecular formula is C8H8ClFO. The second-order valence-electron chi connectivity index (χ2n) is 2.17. The summed E-state index contributed by atoms with van der Waals surface area (Å²) >= 11 is 5.69. The van der Waals surface area contributed by atoms with Crippen LogP contribution in [0, 0.1) is 5.82 Å². The maximum Gasteiger partial charge on any atom is 0.124 e. The number of hydrogen-bond donors (Lipinski definition) is 0. The molecule has 0 saturated heterocycles. The van der Waals surface area contributed by atoms with Gasteiger partial charge in [0.25, 0.3) is 0 Å². The highest BCUT2D eigenvalue weighted by Crippen LogP contribution is 2.17. The molecule has 0 N–H and O–H groups in total. The minimum absolute atomic E-state index is 0.324. The summed E-state index contributed by atoms with van der Waals surface area (Å²) in [6.45, 7) is 0.416. The van der Waals surface area contributed by atoms with Crippen LogP contribution in [-0.2, 0) is 11.3 Å². The van der Waals surface area contributed by atoms with Crippen molar-refractivity contribution in [3.63, 3.8) is 0 Å². The molecule has 0 atom stereocenters. The first-order valence-electron chi connectivity index (χ1n) is 3.17. The molecule has 0 amide bonds. The maximum absolute atomic E-state index is 12.5. The third kappa shape index (κ3) is 2.17. The average Bonchev–Trinajstić information content (AvgIpc) is 1.95. The molecule has 0 bridgehead atoms. The van der Waals surface area contributed by atoms with Gasteiger partial charge in [0.2, 0.25) is 0 Å². The van der Waals surface area contributed by atoms with E-state index >= 15 is 0 Å². The smallest absolute Gasteiger partial charge is 0.124 e. The van der Waals surface area contributed by atoms with Crippen LogP contribution in [0.2, 0.25) is 5.02 Å². The van der Waals surface area contributed by atoms with Crippen molar-refractivity contribution in [1.29, 1.82) is 0 Å². The molecule has 0 saturated carbocycles. The normalized spacial score (nSPS) is 10.1. The monoisotopic (exact) mass is 174 g/mol. The van der Waals surface area contributed by atoms with E-state index in [2.05, 4.69) is 0 Å². The Morgan fingerprint density at radius 2 is 2.27 bits per heavy atom. The summed E-state index contributed by atoms with van der Waals surface area (Å²) < 4.78 is 17.3. The fourth-order valence-electron chi connectivity index (χ4n) is 0.794. The van der Waals surface area contributed by atoms with Gasteiger partial charge in [-0.25, -0.2) is 4.39 Å². The highest BCUT2D eigenvalue weighted by molar-refractivity contribution is 6.31. The summed E-state index contributed by atoms with van der Waals surface area (Å²) in [5, 5.41) is 0.409. The van der Waals surface area contributed by atoms with E-state index in [9.17, 15) is 4.39 Å². The molecule has 11 heavy (non-hydrogen) atoms. The second-order valence-corrected chi connectivity index (χ2v) is 2.58. The molecule has 1 nitrogen and oxygen atoms in total. The number of benzene rings is 1. The largest absolute Gasteiger partial charge is 0.380 e. The van der Waals surface area contributed by atoms with E-state index in [1.807, 2.05) is 0 Å². The lowest BCUT2D eigenvalue weighted by Crippen LogP contribution is -1.88. The summed E-state index contributed by atoms with van der Waals surface area (Å²) in [6, 6.07) is 4.25. The molecule has 0 aliphatic rings. The van der Waals surface area contributed by atoms with Crippen LogP contribution >= 0.6 is 11.6 Å². The van der Waals surface area contributed by atoms with Crippen LogP contribution in [0.25, 0.3) is 0 Å². The Balaban J connectivity index is 2.90. The Labute approximate surface area is 69.7 Å². The molecule has 0 aliphatic carbocycles. The lowest BCUT2D eigenvalue weighted by atomic mass is 10.2. The van der Waals surface area contributed by atoms with Crippen molar-refractivity contribution in [3.05, 3.63) is 34.6 Å². The van der Waals surface area contributed by atoms with E-state index in [1.165, 1.54) is 12.1 Å². The summed E-state index contributed by atoms with van der Waals surface area (Å²) in [5.74, 6) is -0.324. The van der Waals surface area contributed by atoms with Crippen molar-refractivity contribution in [1.82, 2.24) is 0 Å². The van der Waals surface area contributed by atoms with Crippen LogP contribution in [0.5, 0.6) is 0 Å². The van der Waals surface area contributed by atoms with E-state index in [-0.39, 0.29) is 5.82 Å². The summed E-state index contributed by atoms with van der Waals surface area (Å²) in [5.41, 5.74) is 0.801. The number of halogens is 2. The van der Waals surface area contributed by atoms with Gasteiger partial charge in [-0.05, 0) is 17.7 Å². The fourth-order valence-corrected chi connectivity index (χ4v) is 1.02. The van der Waals surface area contributed by atoms with Gasteiger partial charge in [-0.3, -0.25) is 0 Å². The highest BCUT2D eigenvalue weighted by Gasteiger charge is 1.99. The van der Waals surface area contributed by atoms with E-state index in [0.29, 0.717) is 11.6 Å². The Morgan fingerprint density at radius 1 is 1.55 bits per heavy atom. The molecule has 0 radical (unpaired) electrons. The van der Waals surface area contributed by atoms with E-state index in [4.69, 9.17) is 16.3 Å². The van der Waals surface area contributed by atoms with Crippen molar-refractivity contribution < 1.29 is 9.13 Å². The minimum Gasteiger partial charge on any atom is -0.380 e. The Morgan fingerprint density at radius 3 is 2.82 bits per heavy atom. The summed E-state index contributed by atoms with van der Waals surface area (Å²) in [7, 11) is 1.57. The van der Waals surface area contributed by atoms with Gasteiger partial charge in [-0.1, -0.05) is 17.7 Å². The Kier molecular flexibility index (Phi) is 2.85. The van der Waals surface area contributed by atoms with Crippen LogP contribution in [0.15, 0.2) is 18.2 Å². The molecule has 0 heterocycles. The highest BCUT2D eigenvalue weighted by atomic mass is 35.5. The molecule has 0 fully saturated rings. The van der Waals surface area contributed by atoms with Gasteiger partial charge in [0.1, 0.15) is 5.82 Å². The van der Waals surface area contributed by atoms with Crippen molar-refractivity contribution in [2.24, 2.45) is 0 Å². The first-order valence-corrected chi connectivity index (χ1v) is 3.54. The number of ether oxygens (including phenoxy) is 1. The molecule has 1 aromatic rings. The predicted octanol–water partition coefficient (Wildman–Crippen LogP) is 2.63. The van der Waals surface area contributed by atoms with Crippen LogP contribution < -0.4 is 0 Å². The van der Waals surface area contributed by atoms with Gasteiger partial charge < -0.3 is 4.74 Å². The zero-order chi connectivity index (χ0) is 8.27. The second kappa shape index (κ2) is 3.69. The lowest BCUT2D eigenvalue weighted by Gasteiger charge is -2.01. The topological polar surface area (TPSA) is 9.23 Å². The minimum atomic E-state index is -0.324. The molecule has 1 rings (SSSR count). The maximum atomic E-state index is 12.5. The van der Waals surface area contributed by atoms with E-state index < -0.39 is 0 Å². The van der Waals surface area contributed by atoms with Crippen LogP contribution in [0.1, 0.15) is 5.56 Å². The van der Waals surface area contributed by atoms with Crippen LogP contribution in [0.3, 0.4) is 0 Å². The fraction of sp³-hybridized carbons (Fsp3) is 0.250. The van der Waals surface area contributed by atoms with E-state index in [1.54, 1.807) is 13.2 Å². The SMILES string of the molecule is COCc1ccc(F)cc1Cl. The molecule has 0 aliphatic heterocycles. The summed E-state index contributed by atoms with van der Waals surface area (Å²) in [6.07, 6.45) is 0. The lowest BCUT2D eigenvalue weighted by molar-refractivity contribution is 0.185.